The number of hydrogen-bond acceptors (Lipinski definition) is 3. The largest absolute Gasteiger partial charge is 0.468 e. The maximum Gasteiger partial charge on any atom is 0.239 e. The van der Waals surface area contributed by atoms with Crippen LogP contribution in [-0.4, -0.2) is 30.9 Å². The lowest BCUT2D eigenvalue weighted by atomic mass is 10.0. The molecule has 0 aliphatic heterocycles. The van der Waals surface area contributed by atoms with Gasteiger partial charge in [-0.2, -0.15) is 0 Å². The van der Waals surface area contributed by atoms with Gasteiger partial charge >= 0.3 is 0 Å². The summed E-state index contributed by atoms with van der Waals surface area (Å²) in [6.07, 6.45) is 1.63. The Morgan fingerprint density at radius 2 is 2.12 bits per heavy atom. The van der Waals surface area contributed by atoms with Gasteiger partial charge in [0, 0.05) is 14.1 Å². The third-order valence-corrected chi connectivity index (χ3v) is 2.45. The van der Waals surface area contributed by atoms with Gasteiger partial charge in [0.25, 0.3) is 0 Å². The maximum atomic E-state index is 11.9. The minimum absolute atomic E-state index is 0. The summed E-state index contributed by atoms with van der Waals surface area (Å²) < 4.78 is 5.22. The summed E-state index contributed by atoms with van der Waals surface area (Å²) in [6, 6.07) is 3.57. The van der Waals surface area contributed by atoms with Crippen molar-refractivity contribution < 1.29 is 9.21 Å². The van der Waals surface area contributed by atoms with Gasteiger partial charge in [-0.25, -0.2) is 0 Å². The molecule has 5 heteroatoms. The molecule has 0 aliphatic rings. The third-order valence-electron chi connectivity index (χ3n) is 2.45. The van der Waals surface area contributed by atoms with Crippen molar-refractivity contribution in [2.45, 2.75) is 26.4 Å². The van der Waals surface area contributed by atoms with Gasteiger partial charge in [0.2, 0.25) is 5.91 Å². The molecular formula is C12H21ClN2O2. The molecule has 0 aliphatic carbocycles. The van der Waals surface area contributed by atoms with E-state index >= 15 is 0 Å². The second kappa shape index (κ2) is 7.35. The summed E-state index contributed by atoms with van der Waals surface area (Å²) in [5.41, 5.74) is 0. The van der Waals surface area contributed by atoms with Crippen LogP contribution in [0.25, 0.3) is 0 Å². The molecule has 0 spiro atoms. The lowest BCUT2D eigenvalue weighted by molar-refractivity contribution is -0.132. The first-order chi connectivity index (χ1) is 7.52. The van der Waals surface area contributed by atoms with Crippen LogP contribution in [0.5, 0.6) is 0 Å². The van der Waals surface area contributed by atoms with Crippen LogP contribution in [0.2, 0.25) is 0 Å². The number of nitrogens with zero attached hydrogens (tertiary/aromatic N) is 1. The zero-order valence-corrected chi connectivity index (χ0v) is 11.6. The Labute approximate surface area is 109 Å². The molecule has 0 radical (unpaired) electrons. The van der Waals surface area contributed by atoms with Crippen LogP contribution in [0.3, 0.4) is 0 Å². The normalized spacial score (nSPS) is 12.1. The average Bonchev–Trinajstić information content (AvgIpc) is 2.69. The first kappa shape index (κ1) is 16.0. The van der Waals surface area contributed by atoms with E-state index in [1.165, 1.54) is 0 Å². The molecular weight excluding hydrogens is 240 g/mol. The number of carbonyl (C=O) groups excluding carboxylic acids is 1. The molecule has 1 rings (SSSR count). The molecule has 0 fully saturated rings. The van der Waals surface area contributed by atoms with Crippen LogP contribution in [0.4, 0.5) is 0 Å². The highest BCUT2D eigenvalue weighted by Gasteiger charge is 2.23. The smallest absolute Gasteiger partial charge is 0.239 e. The highest BCUT2D eigenvalue weighted by atomic mass is 35.5. The van der Waals surface area contributed by atoms with Crippen LogP contribution in [-0.2, 0) is 11.3 Å². The molecule has 1 aromatic heterocycles. The Morgan fingerprint density at radius 1 is 1.47 bits per heavy atom. The summed E-state index contributed by atoms with van der Waals surface area (Å²) >= 11 is 0. The molecule has 0 aromatic carbocycles. The van der Waals surface area contributed by atoms with Gasteiger partial charge in [-0.1, -0.05) is 13.8 Å². The number of furan rings is 1. The average molecular weight is 261 g/mol. The fraction of sp³-hybridized carbons (Fsp3) is 0.583. The summed E-state index contributed by atoms with van der Waals surface area (Å²) in [5.74, 6) is 1.20. The Bertz CT molecular complexity index is 323. The number of rotatable bonds is 5. The summed E-state index contributed by atoms with van der Waals surface area (Å²) in [6.45, 7) is 4.64. The van der Waals surface area contributed by atoms with Crippen molar-refractivity contribution in [1.82, 2.24) is 10.2 Å². The zero-order chi connectivity index (χ0) is 12.1. The van der Waals surface area contributed by atoms with E-state index in [-0.39, 0.29) is 30.3 Å². The quantitative estimate of drug-likeness (QED) is 0.880. The highest BCUT2D eigenvalue weighted by Crippen LogP contribution is 2.07. The van der Waals surface area contributed by atoms with E-state index in [0.717, 1.165) is 5.76 Å². The zero-order valence-electron chi connectivity index (χ0n) is 10.8. The predicted octanol–water partition coefficient (Wildman–Crippen LogP) is 1.90. The second-order valence-corrected chi connectivity index (χ2v) is 4.41. The fourth-order valence-electron chi connectivity index (χ4n) is 1.51. The van der Waals surface area contributed by atoms with Crippen LogP contribution >= 0.6 is 12.4 Å². The van der Waals surface area contributed by atoms with Gasteiger partial charge in [-0.05, 0) is 18.1 Å². The lowest BCUT2D eigenvalue weighted by Gasteiger charge is -2.24. The van der Waals surface area contributed by atoms with Crippen molar-refractivity contribution in [3.05, 3.63) is 24.2 Å². The lowest BCUT2D eigenvalue weighted by Crippen LogP contribution is -2.46. The molecule has 1 N–H and O–H groups in total. The molecule has 1 aromatic rings. The molecule has 98 valence electrons. The Balaban J connectivity index is 0.00000256. The van der Waals surface area contributed by atoms with E-state index < -0.39 is 0 Å². The fourth-order valence-corrected chi connectivity index (χ4v) is 1.51. The molecule has 0 bridgehead atoms. The minimum Gasteiger partial charge on any atom is -0.468 e. The molecule has 0 saturated carbocycles. The minimum atomic E-state index is -0.167. The molecule has 1 atom stereocenters. The number of halogens is 1. The van der Waals surface area contributed by atoms with Crippen molar-refractivity contribution in [3.8, 4) is 0 Å². The van der Waals surface area contributed by atoms with Crippen LogP contribution < -0.4 is 5.32 Å². The third kappa shape index (κ3) is 4.79. The molecule has 1 amide bonds. The van der Waals surface area contributed by atoms with E-state index in [0.29, 0.717) is 6.54 Å². The topological polar surface area (TPSA) is 45.5 Å². The SMILES string of the molecule is CC(C)C(NCc1ccco1)C(=O)N(C)C.Cl. The van der Waals surface area contributed by atoms with E-state index in [1.807, 2.05) is 26.0 Å². The summed E-state index contributed by atoms with van der Waals surface area (Å²) in [7, 11) is 3.54. The van der Waals surface area contributed by atoms with Crippen LogP contribution in [0.15, 0.2) is 22.8 Å². The predicted molar refractivity (Wildman–Crippen MR) is 70.1 cm³/mol. The first-order valence-electron chi connectivity index (χ1n) is 5.49. The van der Waals surface area contributed by atoms with Gasteiger partial charge in [0.1, 0.15) is 5.76 Å². The Morgan fingerprint density at radius 3 is 2.53 bits per heavy atom. The van der Waals surface area contributed by atoms with Crippen LogP contribution in [0.1, 0.15) is 19.6 Å². The monoisotopic (exact) mass is 260 g/mol. The number of hydrogen-bond donors (Lipinski definition) is 1. The summed E-state index contributed by atoms with van der Waals surface area (Å²) in [4.78, 5) is 13.5. The second-order valence-electron chi connectivity index (χ2n) is 4.41. The van der Waals surface area contributed by atoms with Gasteiger partial charge < -0.3 is 9.32 Å². The van der Waals surface area contributed by atoms with Gasteiger partial charge in [0.05, 0.1) is 18.8 Å². The number of nitrogens with one attached hydrogen (secondary N) is 1. The van der Waals surface area contributed by atoms with E-state index in [2.05, 4.69) is 5.32 Å². The van der Waals surface area contributed by atoms with Crippen molar-refractivity contribution in [2.24, 2.45) is 5.92 Å². The van der Waals surface area contributed by atoms with Gasteiger partial charge in [-0.15, -0.1) is 12.4 Å². The molecule has 17 heavy (non-hydrogen) atoms. The maximum absolute atomic E-state index is 11.9. The summed E-state index contributed by atoms with van der Waals surface area (Å²) in [5, 5.41) is 3.22. The number of amides is 1. The Hall–Kier alpha value is -1.00. The van der Waals surface area contributed by atoms with E-state index in [4.69, 9.17) is 4.42 Å². The first-order valence-corrected chi connectivity index (χ1v) is 5.49. The molecule has 1 heterocycles. The van der Waals surface area contributed by atoms with Crippen molar-refractivity contribution in [1.29, 1.82) is 0 Å². The van der Waals surface area contributed by atoms with E-state index in [9.17, 15) is 4.79 Å². The van der Waals surface area contributed by atoms with Crippen molar-refractivity contribution in [2.75, 3.05) is 14.1 Å². The van der Waals surface area contributed by atoms with Gasteiger partial charge in [-0.3, -0.25) is 10.1 Å². The molecule has 1 unspecified atom stereocenters. The molecule has 4 nitrogen and oxygen atoms in total. The highest BCUT2D eigenvalue weighted by molar-refractivity contribution is 5.85. The van der Waals surface area contributed by atoms with Crippen molar-refractivity contribution >= 4 is 18.3 Å². The number of carbonyl (C=O) groups is 1. The van der Waals surface area contributed by atoms with Gasteiger partial charge in [0.15, 0.2) is 0 Å². The molecule has 0 saturated heterocycles. The Kier molecular flexibility index (Phi) is 6.92. The van der Waals surface area contributed by atoms with E-state index in [1.54, 1.807) is 25.3 Å². The number of likely N-dealkylation sites (N-methyl/N-ethyl adjacent to an activating group) is 1. The van der Waals surface area contributed by atoms with Crippen LogP contribution in [0, 0.1) is 5.92 Å². The standard InChI is InChI=1S/C12H20N2O2.ClH/c1-9(2)11(12(15)14(3)4)13-8-10-6-5-7-16-10;/h5-7,9,11,13H,8H2,1-4H3;1H. The van der Waals surface area contributed by atoms with Crippen molar-refractivity contribution in [3.63, 3.8) is 0 Å².